The molecule has 6 N–H and O–H groups in total. The maximum Gasteiger partial charge on any atom is 0.159 e. The number of nitrogen functional groups attached to an aromatic ring is 3. The molecule has 2 aromatic carbocycles. The standard InChI is InChI=1S/C10H9N3.C9H8BrN3/c11-9-4-2-8(3-5-9)10-12-6-1-7-13-10;10-6-2-1-5-4-13-9(12)8(11)7(5)3-6/h1-7H,11H2;1-4H,11H2,(H2,12,13). The lowest BCUT2D eigenvalue weighted by molar-refractivity contribution is 1.18. The minimum Gasteiger partial charge on any atom is -0.399 e. The lowest BCUT2D eigenvalue weighted by Crippen LogP contribution is -1.98. The van der Waals surface area contributed by atoms with Gasteiger partial charge < -0.3 is 17.2 Å². The van der Waals surface area contributed by atoms with Crippen molar-refractivity contribution in [2.45, 2.75) is 0 Å². The highest BCUT2D eigenvalue weighted by molar-refractivity contribution is 9.10. The average molecular weight is 409 g/mol. The van der Waals surface area contributed by atoms with Gasteiger partial charge in [0.15, 0.2) is 5.82 Å². The first-order valence-electron chi connectivity index (χ1n) is 7.77. The quantitative estimate of drug-likeness (QED) is 0.411. The highest BCUT2D eigenvalue weighted by Crippen LogP contribution is 2.27. The predicted molar refractivity (Wildman–Crippen MR) is 110 cm³/mol. The van der Waals surface area contributed by atoms with Crippen LogP contribution in [0.1, 0.15) is 0 Å². The van der Waals surface area contributed by atoms with E-state index in [0.29, 0.717) is 11.5 Å². The van der Waals surface area contributed by atoms with Crippen LogP contribution in [-0.2, 0) is 0 Å². The zero-order chi connectivity index (χ0) is 18.5. The number of nitrogens with two attached hydrogens (primary N) is 3. The Morgan fingerprint density at radius 2 is 1.50 bits per heavy atom. The third kappa shape index (κ3) is 4.07. The Hall–Kier alpha value is -3.19. The zero-order valence-electron chi connectivity index (χ0n) is 13.8. The van der Waals surface area contributed by atoms with Gasteiger partial charge in [-0.2, -0.15) is 0 Å². The lowest BCUT2D eigenvalue weighted by Gasteiger charge is -2.04. The van der Waals surface area contributed by atoms with Crippen molar-refractivity contribution < 1.29 is 0 Å². The largest absolute Gasteiger partial charge is 0.399 e. The van der Waals surface area contributed by atoms with E-state index in [0.717, 1.165) is 32.3 Å². The normalized spacial score (nSPS) is 10.2. The van der Waals surface area contributed by atoms with Gasteiger partial charge in [-0.05, 0) is 42.5 Å². The van der Waals surface area contributed by atoms with E-state index in [1.807, 2.05) is 42.5 Å². The van der Waals surface area contributed by atoms with Gasteiger partial charge in [0, 0.05) is 45.1 Å². The first-order chi connectivity index (χ1) is 12.5. The molecule has 2 aromatic heterocycles. The molecule has 0 fully saturated rings. The van der Waals surface area contributed by atoms with E-state index in [1.165, 1.54) is 0 Å². The number of hydrogen-bond acceptors (Lipinski definition) is 6. The van der Waals surface area contributed by atoms with E-state index < -0.39 is 0 Å². The van der Waals surface area contributed by atoms with Crippen molar-refractivity contribution in [2.24, 2.45) is 0 Å². The Kier molecular flexibility index (Phi) is 5.28. The molecule has 0 radical (unpaired) electrons. The molecule has 0 bridgehead atoms. The van der Waals surface area contributed by atoms with E-state index in [1.54, 1.807) is 24.7 Å². The van der Waals surface area contributed by atoms with Gasteiger partial charge >= 0.3 is 0 Å². The van der Waals surface area contributed by atoms with Crippen LogP contribution in [0.2, 0.25) is 0 Å². The molecule has 7 heteroatoms. The SMILES string of the molecule is Nc1ccc(-c2ncccn2)cc1.Nc1ncc2ccc(Br)cc2c1N. The van der Waals surface area contributed by atoms with Crippen LogP contribution in [0, 0.1) is 0 Å². The van der Waals surface area contributed by atoms with Crippen molar-refractivity contribution in [3.63, 3.8) is 0 Å². The average Bonchev–Trinajstić information content (AvgIpc) is 2.67. The number of anilines is 3. The summed E-state index contributed by atoms with van der Waals surface area (Å²) in [6, 6.07) is 15.1. The van der Waals surface area contributed by atoms with Gasteiger partial charge in [-0.15, -0.1) is 0 Å². The Labute approximate surface area is 159 Å². The first kappa shape index (κ1) is 17.6. The fourth-order valence-corrected chi connectivity index (χ4v) is 2.66. The molecule has 4 aromatic rings. The summed E-state index contributed by atoms with van der Waals surface area (Å²) in [5.41, 5.74) is 19.2. The van der Waals surface area contributed by atoms with E-state index in [-0.39, 0.29) is 0 Å². The maximum absolute atomic E-state index is 5.78. The summed E-state index contributed by atoms with van der Waals surface area (Å²) < 4.78 is 0.984. The topological polar surface area (TPSA) is 117 Å². The number of hydrogen-bond donors (Lipinski definition) is 3. The molecule has 0 aliphatic heterocycles. The Balaban J connectivity index is 0.000000151. The van der Waals surface area contributed by atoms with Crippen molar-refractivity contribution in [1.29, 1.82) is 0 Å². The van der Waals surface area contributed by atoms with Gasteiger partial charge in [0.2, 0.25) is 0 Å². The van der Waals surface area contributed by atoms with Crippen LogP contribution in [-0.4, -0.2) is 15.0 Å². The highest BCUT2D eigenvalue weighted by Gasteiger charge is 2.02. The molecule has 0 spiro atoms. The molecule has 0 aliphatic carbocycles. The van der Waals surface area contributed by atoms with Crippen LogP contribution in [0.25, 0.3) is 22.2 Å². The van der Waals surface area contributed by atoms with Crippen molar-refractivity contribution in [2.75, 3.05) is 17.2 Å². The monoisotopic (exact) mass is 408 g/mol. The predicted octanol–water partition coefficient (Wildman–Crippen LogP) is 3.89. The number of fused-ring (bicyclic) bond motifs is 1. The third-order valence-corrected chi connectivity index (χ3v) is 4.15. The lowest BCUT2D eigenvalue weighted by atomic mass is 10.1. The summed E-state index contributed by atoms with van der Waals surface area (Å²) in [7, 11) is 0. The Morgan fingerprint density at radius 1 is 0.808 bits per heavy atom. The molecule has 4 rings (SSSR count). The molecule has 0 unspecified atom stereocenters. The molecular formula is C19H17BrN6. The number of rotatable bonds is 1. The van der Waals surface area contributed by atoms with Crippen LogP contribution in [0.3, 0.4) is 0 Å². The zero-order valence-corrected chi connectivity index (χ0v) is 15.4. The van der Waals surface area contributed by atoms with Gasteiger partial charge in [0.1, 0.15) is 5.82 Å². The number of halogens is 1. The Bertz CT molecular complexity index is 1010. The van der Waals surface area contributed by atoms with Crippen LogP contribution in [0.4, 0.5) is 17.2 Å². The molecule has 6 nitrogen and oxygen atoms in total. The summed E-state index contributed by atoms with van der Waals surface area (Å²) in [6.45, 7) is 0. The number of nitrogens with zero attached hydrogens (tertiary/aromatic N) is 3. The second kappa shape index (κ2) is 7.79. The summed E-state index contributed by atoms with van der Waals surface area (Å²) in [5.74, 6) is 1.10. The fraction of sp³-hybridized carbons (Fsp3) is 0. The van der Waals surface area contributed by atoms with Crippen LogP contribution in [0.15, 0.2) is 71.6 Å². The van der Waals surface area contributed by atoms with Crippen molar-refractivity contribution in [3.05, 3.63) is 71.6 Å². The molecular weight excluding hydrogens is 392 g/mol. The van der Waals surface area contributed by atoms with Gasteiger partial charge in [-0.25, -0.2) is 15.0 Å². The molecule has 2 heterocycles. The van der Waals surface area contributed by atoms with E-state index in [4.69, 9.17) is 17.2 Å². The molecule has 0 amide bonds. The smallest absolute Gasteiger partial charge is 0.159 e. The summed E-state index contributed by atoms with van der Waals surface area (Å²) in [5, 5.41) is 1.93. The molecule has 130 valence electrons. The number of pyridine rings is 1. The van der Waals surface area contributed by atoms with Crippen LogP contribution >= 0.6 is 15.9 Å². The van der Waals surface area contributed by atoms with Crippen molar-refractivity contribution in [3.8, 4) is 11.4 Å². The minimum atomic E-state index is 0.380. The summed E-state index contributed by atoms with van der Waals surface area (Å²) >= 11 is 3.37. The van der Waals surface area contributed by atoms with E-state index >= 15 is 0 Å². The van der Waals surface area contributed by atoms with E-state index in [2.05, 4.69) is 30.9 Å². The number of benzene rings is 2. The van der Waals surface area contributed by atoms with Gasteiger partial charge in [-0.3, -0.25) is 0 Å². The van der Waals surface area contributed by atoms with Gasteiger partial charge in [0.25, 0.3) is 0 Å². The molecule has 26 heavy (non-hydrogen) atoms. The van der Waals surface area contributed by atoms with E-state index in [9.17, 15) is 0 Å². The van der Waals surface area contributed by atoms with Gasteiger partial charge in [-0.1, -0.05) is 22.0 Å². The minimum absolute atomic E-state index is 0.380. The van der Waals surface area contributed by atoms with Crippen molar-refractivity contribution in [1.82, 2.24) is 15.0 Å². The summed E-state index contributed by atoms with van der Waals surface area (Å²) in [6.07, 6.45) is 5.16. The van der Waals surface area contributed by atoms with Gasteiger partial charge in [0.05, 0.1) is 5.69 Å². The van der Waals surface area contributed by atoms with Crippen molar-refractivity contribution >= 4 is 43.9 Å². The van der Waals surface area contributed by atoms with Crippen LogP contribution in [0.5, 0.6) is 0 Å². The molecule has 0 atom stereocenters. The highest BCUT2D eigenvalue weighted by atomic mass is 79.9. The maximum atomic E-state index is 5.78. The molecule has 0 saturated carbocycles. The Morgan fingerprint density at radius 3 is 2.19 bits per heavy atom. The fourth-order valence-electron chi connectivity index (χ4n) is 2.30. The molecule has 0 aliphatic rings. The first-order valence-corrected chi connectivity index (χ1v) is 8.56. The third-order valence-electron chi connectivity index (χ3n) is 3.66. The second-order valence-electron chi connectivity index (χ2n) is 5.48. The number of aromatic nitrogens is 3. The second-order valence-corrected chi connectivity index (χ2v) is 6.40. The molecule has 0 saturated heterocycles. The van der Waals surface area contributed by atoms with Crippen LogP contribution < -0.4 is 17.2 Å². The summed E-state index contributed by atoms with van der Waals surface area (Å²) in [4.78, 5) is 12.2.